The first-order valence-corrected chi connectivity index (χ1v) is 8.50. The van der Waals surface area contributed by atoms with Crippen LogP contribution in [0.4, 0.5) is 4.39 Å². The van der Waals surface area contributed by atoms with Gasteiger partial charge in [0, 0.05) is 18.6 Å². The molecule has 1 heterocycles. The predicted molar refractivity (Wildman–Crippen MR) is 77.0 cm³/mol. The number of nitrogens with two attached hydrogens (primary N) is 1. The first kappa shape index (κ1) is 15.4. The van der Waals surface area contributed by atoms with Crippen molar-refractivity contribution < 1.29 is 12.8 Å². The van der Waals surface area contributed by atoms with Crippen LogP contribution in [0.25, 0.3) is 0 Å². The highest BCUT2D eigenvalue weighted by Crippen LogP contribution is 2.24. The van der Waals surface area contributed by atoms with Gasteiger partial charge in [-0.05, 0) is 37.5 Å². The normalized spacial score (nSPS) is 22.6. The first-order chi connectivity index (χ1) is 9.40. The van der Waals surface area contributed by atoms with E-state index < -0.39 is 10.0 Å². The molecule has 1 aromatic carbocycles. The van der Waals surface area contributed by atoms with E-state index in [2.05, 4.69) is 0 Å². The zero-order valence-electron chi connectivity index (χ0n) is 11.6. The summed E-state index contributed by atoms with van der Waals surface area (Å²) >= 11 is 0. The maximum Gasteiger partial charge on any atom is 0.218 e. The molecule has 0 aliphatic carbocycles. The van der Waals surface area contributed by atoms with Crippen LogP contribution in [-0.4, -0.2) is 31.4 Å². The highest BCUT2D eigenvalue weighted by atomic mass is 32.2. The summed E-state index contributed by atoms with van der Waals surface area (Å²) in [5, 5.41) is 0. The Morgan fingerprint density at radius 3 is 2.60 bits per heavy atom. The van der Waals surface area contributed by atoms with Crippen LogP contribution in [-0.2, 0) is 15.8 Å². The maximum atomic E-state index is 12.9. The molecule has 2 N–H and O–H groups in total. The van der Waals surface area contributed by atoms with Crippen molar-refractivity contribution in [1.29, 1.82) is 0 Å². The van der Waals surface area contributed by atoms with Gasteiger partial charge < -0.3 is 5.73 Å². The van der Waals surface area contributed by atoms with E-state index in [4.69, 9.17) is 5.73 Å². The van der Waals surface area contributed by atoms with Gasteiger partial charge in [-0.3, -0.25) is 0 Å². The van der Waals surface area contributed by atoms with Crippen LogP contribution in [0.3, 0.4) is 0 Å². The van der Waals surface area contributed by atoms with Gasteiger partial charge in [0.2, 0.25) is 10.0 Å². The minimum Gasteiger partial charge on any atom is -0.326 e. The molecule has 0 amide bonds. The first-order valence-electron chi connectivity index (χ1n) is 6.90. The second kappa shape index (κ2) is 6.20. The van der Waals surface area contributed by atoms with Gasteiger partial charge in [0.1, 0.15) is 5.82 Å². The van der Waals surface area contributed by atoms with Gasteiger partial charge in [-0.15, -0.1) is 0 Å². The van der Waals surface area contributed by atoms with Crippen LogP contribution in [0.2, 0.25) is 0 Å². The van der Waals surface area contributed by atoms with Crippen molar-refractivity contribution in [2.45, 2.75) is 44.0 Å². The van der Waals surface area contributed by atoms with Gasteiger partial charge in [-0.2, -0.15) is 4.31 Å². The summed E-state index contributed by atoms with van der Waals surface area (Å²) in [5.74, 6) is -0.464. The molecule has 1 aromatic rings. The van der Waals surface area contributed by atoms with Crippen molar-refractivity contribution in [3.63, 3.8) is 0 Å². The zero-order valence-corrected chi connectivity index (χ0v) is 12.4. The monoisotopic (exact) mass is 300 g/mol. The molecule has 2 rings (SSSR count). The molecule has 112 valence electrons. The summed E-state index contributed by atoms with van der Waals surface area (Å²) in [7, 11) is -3.41. The number of hydrogen-bond acceptors (Lipinski definition) is 3. The lowest BCUT2D eigenvalue weighted by molar-refractivity contribution is 0.227. The molecular formula is C14H21FN2O2S. The average molecular weight is 300 g/mol. The Morgan fingerprint density at radius 2 is 2.00 bits per heavy atom. The van der Waals surface area contributed by atoms with Crippen LogP contribution >= 0.6 is 0 Å². The lowest BCUT2D eigenvalue weighted by Crippen LogP contribution is -2.51. The number of nitrogens with zero attached hydrogens (tertiary/aromatic N) is 1. The molecular weight excluding hydrogens is 279 g/mol. The largest absolute Gasteiger partial charge is 0.326 e. The Hall–Kier alpha value is -0.980. The van der Waals surface area contributed by atoms with Gasteiger partial charge in [-0.1, -0.05) is 18.6 Å². The zero-order chi connectivity index (χ0) is 14.8. The fraction of sp³-hybridized carbons (Fsp3) is 0.571. The fourth-order valence-corrected chi connectivity index (χ4v) is 4.57. The highest BCUT2D eigenvalue weighted by Gasteiger charge is 2.34. The summed E-state index contributed by atoms with van der Waals surface area (Å²) in [4.78, 5) is 0. The number of sulfonamides is 1. The Bertz CT molecular complexity index is 543. The molecule has 1 fully saturated rings. The SMILES string of the molecule is CC(N)C1CCCCN1S(=O)(=O)Cc1ccc(F)cc1. The van der Waals surface area contributed by atoms with E-state index in [0.717, 1.165) is 19.3 Å². The van der Waals surface area contributed by atoms with Crippen LogP contribution in [0.5, 0.6) is 0 Å². The topological polar surface area (TPSA) is 63.4 Å². The lowest BCUT2D eigenvalue weighted by atomic mass is 10.00. The van der Waals surface area contributed by atoms with E-state index in [1.54, 1.807) is 0 Å². The fourth-order valence-electron chi connectivity index (χ4n) is 2.68. The lowest BCUT2D eigenvalue weighted by Gasteiger charge is -2.36. The van der Waals surface area contributed by atoms with Gasteiger partial charge >= 0.3 is 0 Å². The average Bonchev–Trinajstić information content (AvgIpc) is 2.41. The Labute approximate surface area is 119 Å². The van der Waals surface area contributed by atoms with Gasteiger partial charge in [0.05, 0.1) is 5.75 Å². The molecule has 2 unspecified atom stereocenters. The number of benzene rings is 1. The van der Waals surface area contributed by atoms with Crippen molar-refractivity contribution in [2.24, 2.45) is 5.73 Å². The van der Waals surface area contributed by atoms with E-state index in [1.165, 1.54) is 28.6 Å². The van der Waals surface area contributed by atoms with Crippen LogP contribution < -0.4 is 5.73 Å². The molecule has 1 aliphatic heterocycles. The third kappa shape index (κ3) is 3.56. The number of rotatable bonds is 4. The van der Waals surface area contributed by atoms with Crippen molar-refractivity contribution >= 4 is 10.0 Å². The molecule has 0 bridgehead atoms. The quantitative estimate of drug-likeness (QED) is 0.923. The Balaban J connectivity index is 2.17. The molecule has 0 radical (unpaired) electrons. The van der Waals surface area contributed by atoms with Gasteiger partial charge in [-0.25, -0.2) is 12.8 Å². The summed E-state index contributed by atoms with van der Waals surface area (Å²) < 4.78 is 39.5. The molecule has 1 aliphatic rings. The summed E-state index contributed by atoms with van der Waals surface area (Å²) in [6.07, 6.45) is 2.68. The Morgan fingerprint density at radius 1 is 1.35 bits per heavy atom. The van der Waals surface area contributed by atoms with E-state index >= 15 is 0 Å². The number of hydrogen-bond donors (Lipinski definition) is 1. The van der Waals surface area contributed by atoms with Crippen molar-refractivity contribution in [1.82, 2.24) is 4.31 Å². The summed E-state index contributed by atoms with van der Waals surface area (Å²) in [5.41, 5.74) is 6.51. The third-order valence-electron chi connectivity index (χ3n) is 3.72. The van der Waals surface area contributed by atoms with Crippen LogP contribution in [0.1, 0.15) is 31.7 Å². The highest BCUT2D eigenvalue weighted by molar-refractivity contribution is 7.88. The van der Waals surface area contributed by atoms with Crippen molar-refractivity contribution in [3.8, 4) is 0 Å². The van der Waals surface area contributed by atoms with Crippen LogP contribution in [0.15, 0.2) is 24.3 Å². The summed E-state index contributed by atoms with van der Waals surface area (Å²) in [6.45, 7) is 2.37. The van der Waals surface area contributed by atoms with Crippen LogP contribution in [0, 0.1) is 5.82 Å². The molecule has 1 saturated heterocycles. The Kier molecular flexibility index (Phi) is 4.78. The van der Waals surface area contributed by atoms with Gasteiger partial charge in [0.25, 0.3) is 0 Å². The van der Waals surface area contributed by atoms with E-state index in [9.17, 15) is 12.8 Å². The predicted octanol–water partition coefficient (Wildman–Crippen LogP) is 1.86. The van der Waals surface area contributed by atoms with Gasteiger partial charge in [0.15, 0.2) is 0 Å². The minimum absolute atomic E-state index is 0.101. The summed E-state index contributed by atoms with van der Waals surface area (Å²) in [6, 6.07) is 5.27. The molecule has 0 aromatic heterocycles. The molecule has 6 heteroatoms. The molecule has 2 atom stereocenters. The third-order valence-corrected chi connectivity index (χ3v) is 5.59. The van der Waals surface area contributed by atoms with E-state index in [1.807, 2.05) is 6.92 Å². The molecule has 20 heavy (non-hydrogen) atoms. The minimum atomic E-state index is -3.41. The number of piperidine rings is 1. The van der Waals surface area contributed by atoms with E-state index in [-0.39, 0.29) is 23.7 Å². The standard InChI is InChI=1S/C14H21FN2O2S/c1-11(16)14-4-2-3-9-17(14)20(18,19)10-12-5-7-13(15)8-6-12/h5-8,11,14H,2-4,9-10,16H2,1H3. The molecule has 0 spiro atoms. The van der Waals surface area contributed by atoms with Crippen molar-refractivity contribution in [3.05, 3.63) is 35.6 Å². The second-order valence-corrected chi connectivity index (χ2v) is 7.34. The number of halogens is 1. The second-order valence-electron chi connectivity index (χ2n) is 5.42. The van der Waals surface area contributed by atoms with Crippen molar-refractivity contribution in [2.75, 3.05) is 6.54 Å². The van der Waals surface area contributed by atoms with E-state index in [0.29, 0.717) is 12.1 Å². The smallest absolute Gasteiger partial charge is 0.218 e. The molecule has 0 saturated carbocycles. The molecule has 4 nitrogen and oxygen atoms in total. The maximum absolute atomic E-state index is 12.9.